The standard InChI is InChI=1S/C47H74O18/c1-42(2)14-16-47(41(58)59)17-15-45(6)22(23(47)18-42)8-9-26-44(5)12-11-27(43(3,4)25(44)10-13-46(26,45)7)61-40-33(55)30(52)34(62-39-32(54)29(51)24(20-49)60-39)35(63-40)37(57)65-38-21(19-48)28(50)31(53)36(56)64-38/h8,21,23-36,38-40,48-56H,9-20H2,1-7H3,(H,58,59). The molecule has 0 aromatic carbocycles. The molecule has 22 atom stereocenters. The van der Waals surface area contributed by atoms with Gasteiger partial charge >= 0.3 is 11.9 Å². The maximum absolute atomic E-state index is 14.1. The first-order valence-electron chi connectivity index (χ1n) is 23.7. The number of aliphatic hydroxyl groups excluding tert-OH is 9. The summed E-state index contributed by atoms with van der Waals surface area (Å²) in [7, 11) is 0. The monoisotopic (exact) mass is 926 g/mol. The van der Waals surface area contributed by atoms with Crippen molar-refractivity contribution in [2.75, 3.05) is 13.2 Å². The van der Waals surface area contributed by atoms with Crippen LogP contribution in [0.4, 0.5) is 0 Å². The lowest BCUT2D eigenvalue weighted by Crippen LogP contribution is -2.66. The second kappa shape index (κ2) is 17.2. The molecule has 0 aromatic rings. The SMILES string of the molecule is CC1(C)CCC2(C(=O)O)CCC3(C)C(=CCC4C5(C)CCC(OC6OC(C(=O)OC7OC(O)C(O)C(O)C7CO)C(OC7OC(CO)C(O)C7O)C(O)C6O)C(C)(C)C5CCC43C)C2C1. The van der Waals surface area contributed by atoms with Gasteiger partial charge in [-0.1, -0.05) is 60.1 Å². The molecular formula is C47H74O18. The molecule has 0 amide bonds. The number of allylic oxidation sites excluding steroid dienone is 2. The molecule has 4 saturated carbocycles. The highest BCUT2D eigenvalue weighted by Gasteiger charge is 2.70. The quantitative estimate of drug-likeness (QED) is 0.0879. The van der Waals surface area contributed by atoms with Gasteiger partial charge < -0.3 is 79.5 Å². The molecule has 8 rings (SSSR count). The van der Waals surface area contributed by atoms with E-state index in [2.05, 4.69) is 54.5 Å². The lowest BCUT2D eigenvalue weighted by molar-refractivity contribution is -0.352. The lowest BCUT2D eigenvalue weighted by atomic mass is 9.33. The molecular weight excluding hydrogens is 852 g/mol. The highest BCUT2D eigenvalue weighted by atomic mass is 16.8. The fourth-order valence-electron chi connectivity index (χ4n) is 14.8. The molecule has 8 aliphatic rings. The third-order valence-corrected chi connectivity index (χ3v) is 19.0. The predicted molar refractivity (Wildman–Crippen MR) is 224 cm³/mol. The predicted octanol–water partition coefficient (Wildman–Crippen LogP) is 1.08. The molecule has 5 aliphatic carbocycles. The Hall–Kier alpha value is -1.88. The summed E-state index contributed by atoms with van der Waals surface area (Å²) >= 11 is 0. The van der Waals surface area contributed by atoms with Gasteiger partial charge in [0.2, 0.25) is 6.29 Å². The molecule has 3 saturated heterocycles. The van der Waals surface area contributed by atoms with Gasteiger partial charge in [-0.15, -0.1) is 0 Å². The van der Waals surface area contributed by atoms with Gasteiger partial charge in [-0.05, 0) is 109 Å². The normalized spacial score (nSPS) is 52.5. The maximum atomic E-state index is 14.1. The smallest absolute Gasteiger partial charge is 0.340 e. The molecule has 18 nitrogen and oxygen atoms in total. The Morgan fingerprint density at radius 3 is 2.00 bits per heavy atom. The maximum Gasteiger partial charge on any atom is 0.340 e. The fraction of sp³-hybridized carbons (Fsp3) is 0.915. The minimum atomic E-state index is -2.01. The van der Waals surface area contributed by atoms with Gasteiger partial charge in [0.1, 0.15) is 42.7 Å². The number of hydrogen-bond acceptors (Lipinski definition) is 17. The molecule has 0 radical (unpaired) electrons. The Morgan fingerprint density at radius 1 is 0.692 bits per heavy atom. The van der Waals surface area contributed by atoms with Crippen LogP contribution in [0.15, 0.2) is 11.6 Å². The van der Waals surface area contributed by atoms with Crippen LogP contribution in [-0.4, -0.2) is 162 Å². The van der Waals surface area contributed by atoms with E-state index in [0.717, 1.165) is 44.9 Å². The van der Waals surface area contributed by atoms with Crippen LogP contribution in [0.5, 0.6) is 0 Å². The molecule has 10 N–H and O–H groups in total. The number of ether oxygens (including phenoxy) is 6. The number of aliphatic hydroxyl groups is 9. The molecule has 18 heteroatoms. The van der Waals surface area contributed by atoms with Crippen molar-refractivity contribution in [3.8, 4) is 0 Å². The second-order valence-corrected chi connectivity index (χ2v) is 23.0. The van der Waals surface area contributed by atoms with Crippen molar-refractivity contribution in [2.24, 2.45) is 56.2 Å². The van der Waals surface area contributed by atoms with E-state index < -0.39 is 128 Å². The summed E-state index contributed by atoms with van der Waals surface area (Å²) in [6.45, 7) is 14.5. The molecule has 22 unspecified atom stereocenters. The van der Waals surface area contributed by atoms with Gasteiger partial charge in [0.05, 0.1) is 36.8 Å². The molecule has 3 heterocycles. The highest BCUT2D eigenvalue weighted by molar-refractivity contribution is 5.77. The largest absolute Gasteiger partial charge is 0.481 e. The van der Waals surface area contributed by atoms with Crippen LogP contribution in [0.2, 0.25) is 0 Å². The average molecular weight is 927 g/mol. The van der Waals surface area contributed by atoms with Gasteiger partial charge in [-0.2, -0.15) is 0 Å². The van der Waals surface area contributed by atoms with Gasteiger partial charge in [0, 0.05) is 0 Å². The zero-order valence-electron chi connectivity index (χ0n) is 38.7. The number of carboxylic acid groups (broad SMARTS) is 1. The van der Waals surface area contributed by atoms with Crippen molar-refractivity contribution in [3.05, 3.63) is 11.6 Å². The lowest BCUT2D eigenvalue weighted by Gasteiger charge is -2.71. The molecule has 65 heavy (non-hydrogen) atoms. The number of hydrogen-bond donors (Lipinski definition) is 10. The van der Waals surface area contributed by atoms with Crippen LogP contribution in [-0.2, 0) is 38.0 Å². The summed E-state index contributed by atoms with van der Waals surface area (Å²) in [5.74, 6) is -3.01. The Morgan fingerprint density at radius 2 is 1.35 bits per heavy atom. The summed E-state index contributed by atoms with van der Waals surface area (Å²) in [5.41, 5.74) is -0.306. The summed E-state index contributed by atoms with van der Waals surface area (Å²) in [4.78, 5) is 27.2. The van der Waals surface area contributed by atoms with Gasteiger partial charge in [0.25, 0.3) is 0 Å². The minimum Gasteiger partial charge on any atom is -0.481 e. The minimum absolute atomic E-state index is 0.00745. The Kier molecular flexibility index (Phi) is 13.1. The molecule has 0 spiro atoms. The summed E-state index contributed by atoms with van der Waals surface area (Å²) in [6, 6.07) is 0. The molecule has 0 aromatic heterocycles. The van der Waals surface area contributed by atoms with E-state index in [4.69, 9.17) is 28.4 Å². The van der Waals surface area contributed by atoms with E-state index in [1.54, 1.807) is 0 Å². The first kappa shape index (κ1) is 49.5. The van der Waals surface area contributed by atoms with Crippen LogP contribution in [0.25, 0.3) is 0 Å². The zero-order valence-corrected chi connectivity index (χ0v) is 38.7. The summed E-state index contributed by atoms with van der Waals surface area (Å²) in [6.07, 6.45) is -13.4. The molecule has 0 bridgehead atoms. The van der Waals surface area contributed by atoms with Crippen LogP contribution < -0.4 is 0 Å². The van der Waals surface area contributed by atoms with E-state index in [1.165, 1.54) is 5.57 Å². The van der Waals surface area contributed by atoms with Crippen molar-refractivity contribution < 1.29 is 89.1 Å². The molecule has 370 valence electrons. The molecule has 7 fully saturated rings. The van der Waals surface area contributed by atoms with Gasteiger partial charge in [-0.25, -0.2) is 4.79 Å². The third kappa shape index (κ3) is 7.67. The van der Waals surface area contributed by atoms with Crippen molar-refractivity contribution in [1.29, 1.82) is 0 Å². The number of esters is 1. The van der Waals surface area contributed by atoms with Crippen LogP contribution in [0.1, 0.15) is 113 Å². The van der Waals surface area contributed by atoms with Crippen LogP contribution >= 0.6 is 0 Å². The average Bonchev–Trinajstić information content (AvgIpc) is 3.51. The van der Waals surface area contributed by atoms with Crippen molar-refractivity contribution in [3.63, 3.8) is 0 Å². The first-order chi connectivity index (χ1) is 30.3. The topological polar surface area (TPSA) is 292 Å². The van der Waals surface area contributed by atoms with Crippen LogP contribution in [0.3, 0.4) is 0 Å². The number of carbonyl (C=O) groups excluding carboxylic acids is 1. The van der Waals surface area contributed by atoms with Gasteiger partial charge in [-0.3, -0.25) is 4.79 Å². The number of aliphatic carboxylic acids is 1. The number of rotatable bonds is 9. The Labute approximate surface area is 380 Å². The number of carboxylic acids is 1. The first-order valence-corrected chi connectivity index (χ1v) is 23.7. The fourth-order valence-corrected chi connectivity index (χ4v) is 14.8. The summed E-state index contributed by atoms with van der Waals surface area (Å²) in [5, 5.41) is 106. The Bertz CT molecular complexity index is 1830. The zero-order chi connectivity index (χ0) is 47.6. The summed E-state index contributed by atoms with van der Waals surface area (Å²) < 4.78 is 34.8. The van der Waals surface area contributed by atoms with E-state index in [1.807, 2.05) is 0 Å². The van der Waals surface area contributed by atoms with E-state index in [-0.39, 0.29) is 39.4 Å². The van der Waals surface area contributed by atoms with Crippen molar-refractivity contribution in [1.82, 2.24) is 0 Å². The highest BCUT2D eigenvalue weighted by Crippen LogP contribution is 2.76. The van der Waals surface area contributed by atoms with E-state index >= 15 is 0 Å². The van der Waals surface area contributed by atoms with E-state index in [0.29, 0.717) is 19.3 Å². The van der Waals surface area contributed by atoms with Gasteiger partial charge in [0.15, 0.2) is 25.0 Å². The van der Waals surface area contributed by atoms with Crippen molar-refractivity contribution >= 4 is 11.9 Å². The van der Waals surface area contributed by atoms with Crippen molar-refractivity contribution in [2.45, 2.75) is 199 Å². The molecule has 3 aliphatic heterocycles. The number of fused-ring (bicyclic) bond motifs is 7. The van der Waals surface area contributed by atoms with E-state index in [9.17, 15) is 60.7 Å². The third-order valence-electron chi connectivity index (χ3n) is 19.0. The Balaban J connectivity index is 1.04. The second-order valence-electron chi connectivity index (χ2n) is 23.0. The van der Waals surface area contributed by atoms with Crippen LogP contribution in [0, 0.1) is 56.2 Å². The number of carbonyl (C=O) groups is 2.